The lowest BCUT2D eigenvalue weighted by molar-refractivity contribution is 0.585. The Morgan fingerprint density at radius 3 is 3.00 bits per heavy atom. The summed E-state index contributed by atoms with van der Waals surface area (Å²) in [5, 5.41) is 0.896. The van der Waals surface area contributed by atoms with Crippen LogP contribution in [-0.2, 0) is 6.42 Å². The highest BCUT2D eigenvalue weighted by Crippen LogP contribution is 2.37. The van der Waals surface area contributed by atoms with E-state index in [-0.39, 0.29) is 16.9 Å². The molecule has 0 amide bonds. The van der Waals surface area contributed by atoms with Crippen molar-refractivity contribution in [2.75, 3.05) is 0 Å². The van der Waals surface area contributed by atoms with Gasteiger partial charge in [-0.15, -0.1) is 0 Å². The van der Waals surface area contributed by atoms with E-state index in [0.29, 0.717) is 5.16 Å². The molecule has 98 valence electrons. The Morgan fingerprint density at radius 1 is 1.32 bits per heavy atom. The smallest absolute Gasteiger partial charge is 0.251 e. The van der Waals surface area contributed by atoms with E-state index >= 15 is 0 Å². The standard InChI is InChI=1S/C14H15N3OS/c15-13-10-4-2-1-3-9(10)5-6-11(13)19-14-16-8-7-12(18)17-14/h1-4,7-8,11,13H,5-6,15H2,(H,16,17,18). The number of aromatic amines is 1. The van der Waals surface area contributed by atoms with Crippen LogP contribution in [0.15, 0.2) is 46.5 Å². The van der Waals surface area contributed by atoms with Gasteiger partial charge >= 0.3 is 0 Å². The summed E-state index contributed by atoms with van der Waals surface area (Å²) in [5.74, 6) is 0. The molecular weight excluding hydrogens is 258 g/mol. The van der Waals surface area contributed by atoms with Gasteiger partial charge in [-0.1, -0.05) is 36.0 Å². The van der Waals surface area contributed by atoms with Crippen molar-refractivity contribution in [1.29, 1.82) is 0 Å². The molecule has 3 rings (SSSR count). The zero-order valence-electron chi connectivity index (χ0n) is 10.4. The molecule has 0 spiro atoms. The van der Waals surface area contributed by atoms with Crippen LogP contribution in [0.3, 0.4) is 0 Å². The maximum absolute atomic E-state index is 11.3. The third kappa shape index (κ3) is 2.57. The summed E-state index contributed by atoms with van der Waals surface area (Å²) < 4.78 is 0. The van der Waals surface area contributed by atoms with Gasteiger partial charge in [-0.05, 0) is 24.0 Å². The highest BCUT2D eigenvalue weighted by molar-refractivity contribution is 7.99. The second-order valence-electron chi connectivity index (χ2n) is 4.66. The summed E-state index contributed by atoms with van der Waals surface area (Å²) in [4.78, 5) is 18.2. The number of benzene rings is 1. The van der Waals surface area contributed by atoms with E-state index in [1.165, 1.54) is 23.4 Å². The molecule has 1 aromatic carbocycles. The second kappa shape index (κ2) is 5.19. The molecule has 0 saturated carbocycles. The molecule has 19 heavy (non-hydrogen) atoms. The molecule has 2 atom stereocenters. The van der Waals surface area contributed by atoms with E-state index in [1.807, 2.05) is 6.07 Å². The molecule has 0 saturated heterocycles. The van der Waals surface area contributed by atoms with E-state index in [2.05, 4.69) is 28.2 Å². The predicted molar refractivity (Wildman–Crippen MR) is 76.2 cm³/mol. The van der Waals surface area contributed by atoms with E-state index < -0.39 is 0 Å². The van der Waals surface area contributed by atoms with Gasteiger partial charge in [-0.25, -0.2) is 4.98 Å². The van der Waals surface area contributed by atoms with Gasteiger partial charge in [0, 0.05) is 23.6 Å². The lowest BCUT2D eigenvalue weighted by Crippen LogP contribution is -2.29. The van der Waals surface area contributed by atoms with Crippen LogP contribution in [0.1, 0.15) is 23.6 Å². The molecule has 2 aromatic rings. The fourth-order valence-corrected chi connectivity index (χ4v) is 3.55. The number of nitrogens with one attached hydrogen (secondary N) is 1. The number of hydrogen-bond donors (Lipinski definition) is 2. The van der Waals surface area contributed by atoms with Gasteiger partial charge in [-0.3, -0.25) is 4.79 Å². The van der Waals surface area contributed by atoms with Gasteiger partial charge in [0.1, 0.15) is 0 Å². The highest BCUT2D eigenvalue weighted by atomic mass is 32.2. The topological polar surface area (TPSA) is 71.8 Å². The summed E-state index contributed by atoms with van der Waals surface area (Å²) >= 11 is 1.56. The maximum atomic E-state index is 11.3. The number of nitrogens with zero attached hydrogens (tertiary/aromatic N) is 1. The van der Waals surface area contributed by atoms with Gasteiger partial charge < -0.3 is 10.7 Å². The normalized spacial score (nSPS) is 21.9. The SMILES string of the molecule is NC1c2ccccc2CCC1Sc1nccc(=O)[nH]1. The first-order valence-electron chi connectivity index (χ1n) is 6.29. The number of nitrogens with two attached hydrogens (primary N) is 1. The van der Waals surface area contributed by atoms with E-state index in [1.54, 1.807) is 11.8 Å². The molecular formula is C14H15N3OS. The largest absolute Gasteiger partial charge is 0.323 e. The molecule has 1 heterocycles. The quantitative estimate of drug-likeness (QED) is 0.819. The van der Waals surface area contributed by atoms with Crippen molar-refractivity contribution in [3.05, 3.63) is 58.0 Å². The van der Waals surface area contributed by atoms with Gasteiger partial charge in [0.25, 0.3) is 5.56 Å². The number of thioether (sulfide) groups is 1. The van der Waals surface area contributed by atoms with Crippen LogP contribution in [-0.4, -0.2) is 15.2 Å². The van der Waals surface area contributed by atoms with Crippen LogP contribution < -0.4 is 11.3 Å². The fourth-order valence-electron chi connectivity index (χ4n) is 2.45. The van der Waals surface area contributed by atoms with E-state index in [0.717, 1.165) is 12.8 Å². The number of aryl methyl sites for hydroxylation is 1. The van der Waals surface area contributed by atoms with Crippen molar-refractivity contribution in [3.63, 3.8) is 0 Å². The van der Waals surface area contributed by atoms with Crippen LogP contribution >= 0.6 is 11.8 Å². The summed E-state index contributed by atoms with van der Waals surface area (Å²) in [7, 11) is 0. The van der Waals surface area contributed by atoms with Gasteiger partial charge in [-0.2, -0.15) is 0 Å². The number of aromatic nitrogens is 2. The summed E-state index contributed by atoms with van der Waals surface area (Å²) in [6.45, 7) is 0. The molecule has 0 fully saturated rings. The molecule has 0 bridgehead atoms. The lowest BCUT2D eigenvalue weighted by Gasteiger charge is -2.30. The zero-order chi connectivity index (χ0) is 13.2. The van der Waals surface area contributed by atoms with Crippen LogP contribution in [0, 0.1) is 0 Å². The Bertz CT molecular complexity index is 640. The van der Waals surface area contributed by atoms with Crippen molar-refractivity contribution < 1.29 is 0 Å². The third-order valence-electron chi connectivity index (χ3n) is 3.42. The molecule has 0 radical (unpaired) electrons. The second-order valence-corrected chi connectivity index (χ2v) is 5.89. The van der Waals surface area contributed by atoms with Crippen molar-refractivity contribution in [1.82, 2.24) is 9.97 Å². The van der Waals surface area contributed by atoms with Gasteiger partial charge in [0.2, 0.25) is 0 Å². The van der Waals surface area contributed by atoms with Crippen molar-refractivity contribution >= 4 is 11.8 Å². The maximum Gasteiger partial charge on any atom is 0.251 e. The van der Waals surface area contributed by atoms with Crippen LogP contribution in [0.2, 0.25) is 0 Å². The highest BCUT2D eigenvalue weighted by Gasteiger charge is 2.27. The first-order valence-corrected chi connectivity index (χ1v) is 7.17. The fraction of sp³-hybridized carbons (Fsp3) is 0.286. The van der Waals surface area contributed by atoms with Crippen LogP contribution in [0.5, 0.6) is 0 Å². The van der Waals surface area contributed by atoms with E-state index in [4.69, 9.17) is 5.73 Å². The van der Waals surface area contributed by atoms with Crippen molar-refractivity contribution in [3.8, 4) is 0 Å². The Hall–Kier alpha value is -1.59. The van der Waals surface area contributed by atoms with E-state index in [9.17, 15) is 4.79 Å². The van der Waals surface area contributed by atoms with Gasteiger partial charge in [0.15, 0.2) is 5.16 Å². The summed E-state index contributed by atoms with van der Waals surface area (Å²) in [5.41, 5.74) is 8.76. The third-order valence-corrected chi connectivity index (χ3v) is 4.69. The van der Waals surface area contributed by atoms with Gasteiger partial charge in [0.05, 0.1) is 0 Å². The van der Waals surface area contributed by atoms with Crippen LogP contribution in [0.4, 0.5) is 0 Å². The predicted octanol–water partition coefficient (Wildman–Crippen LogP) is 1.88. The number of H-pyrrole nitrogens is 1. The Kier molecular flexibility index (Phi) is 3.40. The molecule has 1 aliphatic carbocycles. The molecule has 5 heteroatoms. The van der Waals surface area contributed by atoms with Crippen molar-refractivity contribution in [2.45, 2.75) is 29.3 Å². The molecule has 2 unspecified atom stereocenters. The monoisotopic (exact) mass is 273 g/mol. The Balaban J connectivity index is 1.83. The Morgan fingerprint density at radius 2 is 2.16 bits per heavy atom. The average Bonchev–Trinajstić information content (AvgIpc) is 2.42. The minimum absolute atomic E-state index is 0.0135. The average molecular weight is 273 g/mol. The zero-order valence-corrected chi connectivity index (χ0v) is 11.2. The molecule has 1 aromatic heterocycles. The van der Waals surface area contributed by atoms with Crippen molar-refractivity contribution in [2.24, 2.45) is 5.73 Å². The number of rotatable bonds is 2. The molecule has 4 nitrogen and oxygen atoms in total. The first-order chi connectivity index (χ1) is 9.24. The van der Waals surface area contributed by atoms with Crippen LogP contribution in [0.25, 0.3) is 0 Å². The Labute approximate surface area is 115 Å². The molecule has 1 aliphatic rings. The first kappa shape index (κ1) is 12.4. The molecule has 3 N–H and O–H groups in total. The summed E-state index contributed by atoms with van der Waals surface area (Å²) in [6.07, 6.45) is 3.56. The minimum atomic E-state index is -0.123. The molecule has 0 aliphatic heterocycles. The minimum Gasteiger partial charge on any atom is -0.323 e. The number of fused-ring (bicyclic) bond motifs is 1. The lowest BCUT2D eigenvalue weighted by atomic mass is 9.88. The summed E-state index contributed by atoms with van der Waals surface area (Å²) in [6, 6.07) is 9.71. The number of hydrogen-bond acceptors (Lipinski definition) is 4.